The number of hydrogen-bond donors (Lipinski definition) is 0. The van der Waals surface area contributed by atoms with Gasteiger partial charge >= 0.3 is 0 Å². The van der Waals surface area contributed by atoms with Crippen molar-refractivity contribution in [3.05, 3.63) is 54.0 Å². The van der Waals surface area contributed by atoms with Gasteiger partial charge in [-0.25, -0.2) is 8.42 Å². The molecule has 2 heterocycles. The van der Waals surface area contributed by atoms with E-state index in [1.54, 1.807) is 36.6 Å². The number of nitrogens with zero attached hydrogens (tertiary/aromatic N) is 1. The third-order valence-electron chi connectivity index (χ3n) is 4.45. The van der Waals surface area contributed by atoms with Crippen molar-refractivity contribution in [2.24, 2.45) is 0 Å². The van der Waals surface area contributed by atoms with E-state index in [-0.39, 0.29) is 0 Å². The van der Waals surface area contributed by atoms with Crippen LogP contribution in [0, 0.1) is 0 Å². The van der Waals surface area contributed by atoms with Crippen molar-refractivity contribution >= 4 is 16.1 Å². The minimum Gasteiger partial charge on any atom is -0.469 e. The first-order chi connectivity index (χ1) is 11.6. The van der Waals surface area contributed by atoms with Gasteiger partial charge in [-0.2, -0.15) is 0 Å². The Bertz CT molecular complexity index is 782. The topological polar surface area (TPSA) is 67.6 Å². The fraction of sp³-hybridized carbons (Fsp3) is 0.389. The number of aldehydes is 1. The van der Waals surface area contributed by atoms with Crippen LogP contribution in [0.4, 0.5) is 0 Å². The summed E-state index contributed by atoms with van der Waals surface area (Å²) in [7, 11) is -3.49. The van der Waals surface area contributed by atoms with Gasteiger partial charge in [-0.3, -0.25) is 4.90 Å². The summed E-state index contributed by atoms with van der Waals surface area (Å²) in [6, 6.07) is 10.4. The Morgan fingerprint density at radius 2 is 2.00 bits per heavy atom. The molecular weight excluding hydrogens is 326 g/mol. The van der Waals surface area contributed by atoms with Gasteiger partial charge in [0, 0.05) is 31.5 Å². The summed E-state index contributed by atoms with van der Waals surface area (Å²) in [6.45, 7) is 1.20. The molecule has 1 aliphatic heterocycles. The molecular formula is C18H21NO4S. The average molecular weight is 347 g/mol. The fourth-order valence-electron chi connectivity index (χ4n) is 3.19. The lowest BCUT2D eigenvalue weighted by Gasteiger charge is -2.33. The lowest BCUT2D eigenvalue weighted by Crippen LogP contribution is -2.43. The lowest BCUT2D eigenvalue weighted by atomic mass is 10.1. The Balaban J connectivity index is 1.88. The maximum atomic E-state index is 13.1. The standard InChI is InChI=1S/C18H21NO4S/c20-12-5-4-8-18(24(21,22)16-6-2-1-3-7-16)19-11-9-17-15(14-19)10-13-23-17/h1-3,6-7,10,12-13,18H,4-5,8-9,11,14H2. The monoisotopic (exact) mass is 347 g/mol. The van der Waals surface area contributed by atoms with Crippen LogP contribution in [0.3, 0.4) is 0 Å². The van der Waals surface area contributed by atoms with Crippen molar-refractivity contribution in [2.75, 3.05) is 6.54 Å². The van der Waals surface area contributed by atoms with Gasteiger partial charge in [-0.1, -0.05) is 18.2 Å². The van der Waals surface area contributed by atoms with Crippen molar-refractivity contribution in [1.82, 2.24) is 4.90 Å². The normalized spacial score (nSPS) is 16.5. The molecule has 1 atom stereocenters. The molecule has 1 aromatic carbocycles. The molecule has 128 valence electrons. The minimum absolute atomic E-state index is 0.332. The average Bonchev–Trinajstić information content (AvgIpc) is 3.07. The largest absolute Gasteiger partial charge is 0.469 e. The van der Waals surface area contributed by atoms with Gasteiger partial charge in [0.05, 0.1) is 11.2 Å². The third-order valence-corrected chi connectivity index (χ3v) is 6.63. The molecule has 0 amide bonds. The Morgan fingerprint density at radius 1 is 1.21 bits per heavy atom. The molecule has 1 unspecified atom stereocenters. The molecule has 2 aromatic rings. The molecule has 3 rings (SSSR count). The molecule has 0 saturated carbocycles. The highest BCUT2D eigenvalue weighted by Crippen LogP contribution is 2.28. The molecule has 1 aromatic heterocycles. The van der Waals surface area contributed by atoms with Crippen LogP contribution in [0.1, 0.15) is 30.6 Å². The van der Waals surface area contributed by atoms with Crippen LogP contribution in [0.5, 0.6) is 0 Å². The summed E-state index contributed by atoms with van der Waals surface area (Å²) in [4.78, 5) is 13.0. The number of unbranched alkanes of at least 4 members (excludes halogenated alkanes) is 1. The predicted octanol–water partition coefficient (Wildman–Crippen LogP) is 2.81. The number of benzene rings is 1. The molecule has 0 radical (unpaired) electrons. The van der Waals surface area contributed by atoms with E-state index < -0.39 is 15.2 Å². The van der Waals surface area contributed by atoms with E-state index in [2.05, 4.69) is 0 Å². The number of furan rings is 1. The van der Waals surface area contributed by atoms with Crippen LogP contribution in [-0.4, -0.2) is 31.5 Å². The van der Waals surface area contributed by atoms with E-state index >= 15 is 0 Å². The van der Waals surface area contributed by atoms with Crippen LogP contribution < -0.4 is 0 Å². The summed E-state index contributed by atoms with van der Waals surface area (Å²) in [5, 5.41) is -0.622. The molecule has 0 fully saturated rings. The molecule has 0 N–H and O–H groups in total. The van der Waals surface area contributed by atoms with Gasteiger partial charge in [0.15, 0.2) is 9.84 Å². The quantitative estimate of drug-likeness (QED) is 0.569. The lowest BCUT2D eigenvalue weighted by molar-refractivity contribution is -0.108. The van der Waals surface area contributed by atoms with Crippen molar-refractivity contribution in [3.63, 3.8) is 0 Å². The number of hydrogen-bond acceptors (Lipinski definition) is 5. The number of sulfone groups is 1. The number of carbonyl (C=O) groups is 1. The van der Waals surface area contributed by atoms with Crippen LogP contribution in [0.2, 0.25) is 0 Å². The number of carbonyl (C=O) groups excluding carboxylic acids is 1. The van der Waals surface area contributed by atoms with E-state index in [0.29, 0.717) is 43.7 Å². The predicted molar refractivity (Wildman–Crippen MR) is 90.2 cm³/mol. The Labute approximate surface area is 142 Å². The Kier molecular flexibility index (Phi) is 5.16. The van der Waals surface area contributed by atoms with Crippen molar-refractivity contribution in [1.29, 1.82) is 0 Å². The van der Waals surface area contributed by atoms with Crippen LogP contribution in [0.15, 0.2) is 52.0 Å². The number of rotatable bonds is 7. The zero-order valence-corrected chi connectivity index (χ0v) is 14.2. The third kappa shape index (κ3) is 3.44. The van der Waals surface area contributed by atoms with Crippen molar-refractivity contribution in [2.45, 2.75) is 42.5 Å². The molecule has 0 saturated heterocycles. The first kappa shape index (κ1) is 16.9. The smallest absolute Gasteiger partial charge is 0.194 e. The molecule has 0 aliphatic carbocycles. The molecule has 0 bridgehead atoms. The molecule has 0 spiro atoms. The summed E-state index contributed by atoms with van der Waals surface area (Å²) < 4.78 is 31.7. The first-order valence-electron chi connectivity index (χ1n) is 8.15. The molecule has 1 aliphatic rings. The van der Waals surface area contributed by atoms with Crippen LogP contribution in [0.25, 0.3) is 0 Å². The second-order valence-corrected chi connectivity index (χ2v) is 8.11. The molecule has 24 heavy (non-hydrogen) atoms. The minimum atomic E-state index is -3.49. The highest BCUT2D eigenvalue weighted by atomic mass is 32.2. The molecule has 5 nitrogen and oxygen atoms in total. The summed E-state index contributed by atoms with van der Waals surface area (Å²) in [5.41, 5.74) is 1.05. The van der Waals surface area contributed by atoms with Crippen molar-refractivity contribution in [3.8, 4) is 0 Å². The summed E-state index contributed by atoms with van der Waals surface area (Å²) in [5.74, 6) is 0.940. The van der Waals surface area contributed by atoms with E-state index in [9.17, 15) is 13.2 Å². The van der Waals surface area contributed by atoms with E-state index in [1.165, 1.54) is 0 Å². The summed E-state index contributed by atoms with van der Waals surface area (Å²) in [6.07, 6.45) is 4.60. The maximum absolute atomic E-state index is 13.1. The summed E-state index contributed by atoms with van der Waals surface area (Å²) >= 11 is 0. The van der Waals surface area contributed by atoms with Crippen LogP contribution >= 0.6 is 0 Å². The van der Waals surface area contributed by atoms with Gasteiger partial charge in [-0.05, 0) is 31.0 Å². The first-order valence-corrected chi connectivity index (χ1v) is 9.69. The van der Waals surface area contributed by atoms with Gasteiger partial charge in [0.1, 0.15) is 17.4 Å². The van der Waals surface area contributed by atoms with Gasteiger partial charge in [0.2, 0.25) is 0 Å². The fourth-order valence-corrected chi connectivity index (χ4v) is 5.09. The second-order valence-electron chi connectivity index (χ2n) is 6.00. The Morgan fingerprint density at radius 3 is 2.75 bits per heavy atom. The van der Waals surface area contributed by atoms with E-state index in [0.717, 1.165) is 17.6 Å². The van der Waals surface area contributed by atoms with Gasteiger partial charge in [-0.15, -0.1) is 0 Å². The van der Waals surface area contributed by atoms with Crippen molar-refractivity contribution < 1.29 is 17.6 Å². The zero-order valence-electron chi connectivity index (χ0n) is 13.4. The van der Waals surface area contributed by atoms with E-state index in [1.807, 2.05) is 11.0 Å². The highest BCUT2D eigenvalue weighted by molar-refractivity contribution is 7.92. The SMILES string of the molecule is O=CCCCC(N1CCc2occc2C1)S(=O)(=O)c1ccccc1. The second kappa shape index (κ2) is 7.32. The van der Waals surface area contributed by atoms with Gasteiger partial charge < -0.3 is 9.21 Å². The Hall–Kier alpha value is -1.92. The molecule has 6 heteroatoms. The van der Waals surface area contributed by atoms with Gasteiger partial charge in [0.25, 0.3) is 0 Å². The number of fused-ring (bicyclic) bond motifs is 1. The van der Waals surface area contributed by atoms with Crippen LogP contribution in [-0.2, 0) is 27.6 Å². The van der Waals surface area contributed by atoms with E-state index in [4.69, 9.17) is 4.42 Å². The zero-order chi connectivity index (χ0) is 17.0. The highest BCUT2D eigenvalue weighted by Gasteiger charge is 2.34. The maximum Gasteiger partial charge on any atom is 0.194 e.